The Morgan fingerprint density at radius 1 is 1.24 bits per heavy atom. The third-order valence-corrected chi connectivity index (χ3v) is 2.31. The Bertz CT molecular complexity index is 207. The minimum atomic E-state index is 0.976. The number of hydrogen-bond donors (Lipinski definition) is 1. The summed E-state index contributed by atoms with van der Waals surface area (Å²) in [5, 5.41) is 3.10. The third-order valence-electron chi connectivity index (χ3n) is 1.39. The van der Waals surface area contributed by atoms with Gasteiger partial charge in [-0.1, -0.05) is 57.5 Å². The van der Waals surface area contributed by atoms with Crippen molar-refractivity contribution in [2.75, 3.05) is 13.6 Å². The second-order valence-corrected chi connectivity index (χ2v) is 4.23. The van der Waals surface area contributed by atoms with E-state index < -0.39 is 0 Å². The molecule has 0 aromatic rings. The van der Waals surface area contributed by atoms with Crippen molar-refractivity contribution in [3.05, 3.63) is 48.3 Å². The molecule has 0 saturated carbocycles. The van der Waals surface area contributed by atoms with Crippen LogP contribution in [-0.4, -0.2) is 13.6 Å². The molecule has 0 aromatic heterocycles. The predicted octanol–water partition coefficient (Wildman–Crippen LogP) is 5.15. The Morgan fingerprint density at radius 3 is 2.06 bits per heavy atom. The van der Waals surface area contributed by atoms with Crippen molar-refractivity contribution in [1.29, 1.82) is 0 Å². The number of allylic oxidation sites excluding steroid dienone is 3. The maximum atomic E-state index is 3.94. The van der Waals surface area contributed by atoms with Crippen molar-refractivity contribution >= 4 is 11.8 Å². The monoisotopic (exact) mass is 255 g/mol. The quantitative estimate of drug-likeness (QED) is 0.383. The fourth-order valence-corrected chi connectivity index (χ4v) is 1.44. The van der Waals surface area contributed by atoms with Gasteiger partial charge >= 0.3 is 0 Å². The van der Waals surface area contributed by atoms with Crippen LogP contribution >= 0.6 is 11.8 Å². The molecule has 0 fully saturated rings. The standard InChI is InChI=1S/C10H17NS.C3H6.C2H6/c1-5-9(2)12-10(3)7-6-8-11-4;1-3-2;1-2/h5,11H,1-3,6-8H2,4H3;3H,1H2,2H3;1-2H3. The average Bonchev–Trinajstić information content (AvgIpc) is 2.33. The minimum Gasteiger partial charge on any atom is -0.320 e. The molecular weight excluding hydrogens is 226 g/mol. The van der Waals surface area contributed by atoms with Gasteiger partial charge in [-0.3, -0.25) is 0 Å². The van der Waals surface area contributed by atoms with Gasteiger partial charge < -0.3 is 5.32 Å². The van der Waals surface area contributed by atoms with Gasteiger partial charge in [0.2, 0.25) is 0 Å². The molecule has 0 heterocycles. The number of hydrogen-bond acceptors (Lipinski definition) is 2. The summed E-state index contributed by atoms with van der Waals surface area (Å²) in [6.07, 6.45) is 5.68. The molecule has 0 aromatic carbocycles. The Labute approximate surface area is 113 Å². The first-order valence-corrected chi connectivity index (χ1v) is 6.82. The van der Waals surface area contributed by atoms with E-state index in [9.17, 15) is 0 Å². The largest absolute Gasteiger partial charge is 0.320 e. The van der Waals surface area contributed by atoms with E-state index in [-0.39, 0.29) is 0 Å². The summed E-state index contributed by atoms with van der Waals surface area (Å²) in [4.78, 5) is 2.14. The first-order chi connectivity index (χ1) is 8.12. The van der Waals surface area contributed by atoms with Crippen LogP contribution in [0.4, 0.5) is 0 Å². The summed E-state index contributed by atoms with van der Waals surface area (Å²) in [6.45, 7) is 21.7. The molecule has 0 unspecified atom stereocenters. The molecule has 0 bridgehead atoms. The van der Waals surface area contributed by atoms with E-state index in [2.05, 4.69) is 31.6 Å². The van der Waals surface area contributed by atoms with Crippen molar-refractivity contribution in [2.24, 2.45) is 0 Å². The molecule has 0 saturated heterocycles. The van der Waals surface area contributed by atoms with Crippen LogP contribution in [0.2, 0.25) is 0 Å². The van der Waals surface area contributed by atoms with Crippen LogP contribution in [0.25, 0.3) is 0 Å². The Morgan fingerprint density at radius 2 is 1.71 bits per heavy atom. The van der Waals surface area contributed by atoms with E-state index in [1.165, 1.54) is 0 Å². The fraction of sp³-hybridized carbons (Fsp3) is 0.467. The number of thioether (sulfide) groups is 1. The molecule has 100 valence electrons. The SMILES string of the molecule is C=CC.C=CC(=C)SC(=C)CCCNC.CC. The lowest BCUT2D eigenvalue weighted by molar-refractivity contribution is 0.733. The van der Waals surface area contributed by atoms with Gasteiger partial charge in [-0.2, -0.15) is 0 Å². The van der Waals surface area contributed by atoms with E-state index in [4.69, 9.17) is 0 Å². The summed E-state index contributed by atoms with van der Waals surface area (Å²) in [5.74, 6) is 0. The van der Waals surface area contributed by atoms with Gasteiger partial charge in [-0.05, 0) is 38.3 Å². The number of nitrogens with one attached hydrogen (secondary N) is 1. The molecule has 0 rings (SSSR count). The summed E-state index contributed by atoms with van der Waals surface area (Å²) >= 11 is 1.62. The summed E-state index contributed by atoms with van der Waals surface area (Å²) in [7, 11) is 1.96. The highest BCUT2D eigenvalue weighted by Gasteiger charge is 1.95. The van der Waals surface area contributed by atoms with E-state index in [0.717, 1.165) is 29.2 Å². The Hall–Kier alpha value is -0.730. The van der Waals surface area contributed by atoms with Gasteiger partial charge in [-0.25, -0.2) is 0 Å². The normalized spacial score (nSPS) is 7.76. The van der Waals surface area contributed by atoms with E-state index in [1.54, 1.807) is 23.9 Å². The first-order valence-electron chi connectivity index (χ1n) is 6.00. The lowest BCUT2D eigenvalue weighted by Crippen LogP contribution is -2.06. The van der Waals surface area contributed by atoms with Crippen molar-refractivity contribution in [3.63, 3.8) is 0 Å². The van der Waals surface area contributed by atoms with Gasteiger partial charge in [0.05, 0.1) is 0 Å². The van der Waals surface area contributed by atoms with Crippen LogP contribution in [0.5, 0.6) is 0 Å². The second-order valence-electron chi connectivity index (χ2n) is 2.93. The molecule has 0 atom stereocenters. The van der Waals surface area contributed by atoms with Crippen LogP contribution < -0.4 is 5.32 Å². The molecule has 0 aliphatic rings. The molecule has 0 spiro atoms. The van der Waals surface area contributed by atoms with Gasteiger partial charge in [0, 0.05) is 4.91 Å². The van der Waals surface area contributed by atoms with E-state index in [1.807, 2.05) is 27.8 Å². The maximum Gasteiger partial charge on any atom is 0.00406 e. The highest BCUT2D eigenvalue weighted by atomic mass is 32.2. The topological polar surface area (TPSA) is 12.0 Å². The second kappa shape index (κ2) is 20.7. The Kier molecular flexibility index (Phi) is 26.2. The lowest BCUT2D eigenvalue weighted by atomic mass is 10.3. The third kappa shape index (κ3) is 25.5. The Balaban J connectivity index is -0.000000337. The first kappa shape index (κ1) is 21.5. The van der Waals surface area contributed by atoms with Crippen LogP contribution in [0.3, 0.4) is 0 Å². The summed E-state index contributed by atoms with van der Waals surface area (Å²) in [5.41, 5.74) is 0. The minimum absolute atomic E-state index is 0.976. The zero-order chi connectivity index (χ0) is 14.1. The highest BCUT2D eigenvalue weighted by molar-refractivity contribution is 8.06. The van der Waals surface area contributed by atoms with Crippen LogP contribution in [0.1, 0.15) is 33.6 Å². The van der Waals surface area contributed by atoms with Crippen molar-refractivity contribution in [2.45, 2.75) is 33.6 Å². The molecule has 0 amide bonds. The van der Waals surface area contributed by atoms with Crippen molar-refractivity contribution in [3.8, 4) is 0 Å². The van der Waals surface area contributed by atoms with Crippen molar-refractivity contribution in [1.82, 2.24) is 5.32 Å². The zero-order valence-electron chi connectivity index (χ0n) is 12.0. The van der Waals surface area contributed by atoms with Gasteiger partial charge in [0.1, 0.15) is 0 Å². The maximum absolute atomic E-state index is 3.94. The van der Waals surface area contributed by atoms with E-state index in [0.29, 0.717) is 0 Å². The molecule has 1 nitrogen and oxygen atoms in total. The number of rotatable bonds is 7. The van der Waals surface area contributed by atoms with Crippen molar-refractivity contribution < 1.29 is 0 Å². The van der Waals surface area contributed by atoms with Gasteiger partial charge in [-0.15, -0.1) is 6.58 Å². The summed E-state index contributed by atoms with van der Waals surface area (Å²) < 4.78 is 0. The average molecular weight is 255 g/mol. The molecule has 17 heavy (non-hydrogen) atoms. The van der Waals surface area contributed by atoms with Crippen LogP contribution in [0, 0.1) is 0 Å². The molecule has 0 aliphatic heterocycles. The molecule has 0 aliphatic carbocycles. The molecular formula is C15H29NS. The van der Waals surface area contributed by atoms with Crippen LogP contribution in [-0.2, 0) is 0 Å². The molecule has 2 heteroatoms. The molecule has 0 radical (unpaired) electrons. The predicted molar refractivity (Wildman–Crippen MR) is 86.4 cm³/mol. The molecule has 1 N–H and O–H groups in total. The smallest absolute Gasteiger partial charge is 0.00406 e. The van der Waals surface area contributed by atoms with Gasteiger partial charge in [0.15, 0.2) is 0 Å². The fourth-order valence-electron chi connectivity index (χ4n) is 0.740. The van der Waals surface area contributed by atoms with Gasteiger partial charge in [0.25, 0.3) is 0 Å². The van der Waals surface area contributed by atoms with E-state index >= 15 is 0 Å². The lowest BCUT2D eigenvalue weighted by Gasteiger charge is -2.03. The highest BCUT2D eigenvalue weighted by Crippen LogP contribution is 2.26. The van der Waals surface area contributed by atoms with Crippen LogP contribution in [0.15, 0.2) is 48.3 Å². The summed E-state index contributed by atoms with van der Waals surface area (Å²) in [6, 6.07) is 0. The zero-order valence-corrected chi connectivity index (χ0v) is 12.8.